The minimum Gasteiger partial charge on any atom is -0.463 e. The fourth-order valence-electron chi connectivity index (χ4n) is 3.48. The molecule has 0 bridgehead atoms. The van der Waals surface area contributed by atoms with Crippen molar-refractivity contribution >= 4 is 23.6 Å². The number of carbonyl (C=O) groups is 2. The Bertz CT molecular complexity index is 738. The molecule has 3 rings (SSSR count). The van der Waals surface area contributed by atoms with Crippen LogP contribution in [0, 0.1) is 5.92 Å². The molecule has 1 fully saturated rings. The second-order valence-electron chi connectivity index (χ2n) is 6.43. The van der Waals surface area contributed by atoms with Crippen LogP contribution >= 0.6 is 0 Å². The summed E-state index contributed by atoms with van der Waals surface area (Å²) in [4.78, 5) is 37.4. The van der Waals surface area contributed by atoms with Crippen molar-refractivity contribution in [2.45, 2.75) is 27.2 Å². The zero-order valence-electron chi connectivity index (χ0n) is 16.1. The number of amidine groups is 1. The molecule has 0 radical (unpaired) electrons. The highest BCUT2D eigenvalue weighted by atomic mass is 16.6. The van der Waals surface area contributed by atoms with Crippen LogP contribution in [0.4, 0.5) is 4.79 Å². The van der Waals surface area contributed by atoms with E-state index < -0.39 is 0 Å². The first-order chi connectivity index (χ1) is 13.1. The van der Waals surface area contributed by atoms with Gasteiger partial charge in [0.25, 0.3) is 0 Å². The molecule has 0 aliphatic carbocycles. The third-order valence-electron chi connectivity index (χ3n) is 4.85. The average Bonchev–Trinajstić information content (AvgIpc) is 3.15. The van der Waals surface area contributed by atoms with E-state index in [-0.39, 0.29) is 24.5 Å². The van der Waals surface area contributed by atoms with E-state index >= 15 is 0 Å². The van der Waals surface area contributed by atoms with E-state index in [0.717, 1.165) is 23.7 Å². The number of fused-ring (bicyclic) bond motifs is 1. The number of hydrogen-bond acceptors (Lipinski definition) is 7. The summed E-state index contributed by atoms with van der Waals surface area (Å²) in [5.74, 6) is 0.625. The molecule has 0 aromatic carbocycles. The van der Waals surface area contributed by atoms with Crippen molar-refractivity contribution < 1.29 is 19.1 Å². The minimum absolute atomic E-state index is 0.220. The number of aliphatic imine (C=N–C) groups is 2. The summed E-state index contributed by atoms with van der Waals surface area (Å²) in [6.07, 6.45) is 4.44. The first kappa shape index (κ1) is 19.1. The lowest BCUT2D eigenvalue weighted by molar-refractivity contribution is -0.138. The van der Waals surface area contributed by atoms with Gasteiger partial charge in [0.15, 0.2) is 5.84 Å². The summed E-state index contributed by atoms with van der Waals surface area (Å²) in [6.45, 7) is 7.82. The number of amides is 1. The van der Waals surface area contributed by atoms with E-state index in [1.807, 2.05) is 11.1 Å². The normalized spacial score (nSPS) is 21.7. The maximum Gasteiger partial charge on any atom is 0.410 e. The molecular weight excluding hydrogens is 348 g/mol. The molecular formula is C19H26N4O4. The number of rotatable bonds is 5. The number of hydrogen-bond donors (Lipinski definition) is 0. The van der Waals surface area contributed by atoms with Gasteiger partial charge in [0.05, 0.1) is 43.3 Å². The van der Waals surface area contributed by atoms with Gasteiger partial charge in [0.1, 0.15) is 0 Å². The fourth-order valence-corrected chi connectivity index (χ4v) is 3.48. The van der Waals surface area contributed by atoms with E-state index in [0.29, 0.717) is 38.4 Å². The van der Waals surface area contributed by atoms with Crippen molar-refractivity contribution in [1.29, 1.82) is 0 Å². The molecule has 0 aromatic rings. The summed E-state index contributed by atoms with van der Waals surface area (Å²) < 4.78 is 10.3. The maximum atomic E-state index is 12.5. The quantitative estimate of drug-likeness (QED) is 0.687. The topological polar surface area (TPSA) is 83.8 Å². The van der Waals surface area contributed by atoms with Crippen LogP contribution in [0.3, 0.4) is 0 Å². The molecule has 0 aromatic heterocycles. The molecule has 3 heterocycles. The number of piperazine rings is 1. The van der Waals surface area contributed by atoms with Gasteiger partial charge in [0, 0.05) is 25.2 Å². The zero-order chi connectivity index (χ0) is 19.4. The van der Waals surface area contributed by atoms with Gasteiger partial charge in [-0.3, -0.25) is 9.98 Å². The summed E-state index contributed by atoms with van der Waals surface area (Å²) in [5.41, 5.74) is 2.17. The fraction of sp³-hybridized carbons (Fsp3) is 0.579. The minimum atomic E-state index is -0.385. The Morgan fingerprint density at radius 3 is 2.67 bits per heavy atom. The standard InChI is InChI=1S/C19H26N4O4/c1-4-13-7-8-20-16(13)17-21-11-14(18(24)26-5-2)15-12-22(9-10-23(15)17)19(25)27-6-3/h7-8,13H,4-6,9-12H2,1-3H3. The Morgan fingerprint density at radius 1 is 1.19 bits per heavy atom. The van der Waals surface area contributed by atoms with Gasteiger partial charge in [-0.1, -0.05) is 13.0 Å². The Morgan fingerprint density at radius 2 is 1.96 bits per heavy atom. The van der Waals surface area contributed by atoms with E-state index in [9.17, 15) is 9.59 Å². The molecule has 0 N–H and O–H groups in total. The van der Waals surface area contributed by atoms with Gasteiger partial charge in [-0.2, -0.15) is 0 Å². The van der Waals surface area contributed by atoms with Crippen LogP contribution in [-0.2, 0) is 14.3 Å². The number of ether oxygens (including phenoxy) is 2. The van der Waals surface area contributed by atoms with Crippen molar-refractivity contribution in [3.8, 4) is 0 Å². The van der Waals surface area contributed by atoms with Crippen molar-refractivity contribution in [3.05, 3.63) is 23.5 Å². The first-order valence-electron chi connectivity index (χ1n) is 9.48. The molecule has 0 spiro atoms. The van der Waals surface area contributed by atoms with Crippen LogP contribution in [0.1, 0.15) is 27.2 Å². The number of carbonyl (C=O) groups excluding carboxylic acids is 2. The van der Waals surface area contributed by atoms with Gasteiger partial charge in [0.2, 0.25) is 0 Å². The smallest absolute Gasteiger partial charge is 0.410 e. The van der Waals surface area contributed by atoms with Crippen LogP contribution in [0.5, 0.6) is 0 Å². The number of allylic oxidation sites excluding steroid dienone is 1. The van der Waals surface area contributed by atoms with Crippen molar-refractivity contribution in [2.75, 3.05) is 39.4 Å². The summed E-state index contributed by atoms with van der Waals surface area (Å²) in [5, 5.41) is 0. The maximum absolute atomic E-state index is 12.5. The van der Waals surface area contributed by atoms with Gasteiger partial charge in [-0.15, -0.1) is 0 Å². The zero-order valence-corrected chi connectivity index (χ0v) is 16.1. The van der Waals surface area contributed by atoms with E-state index in [1.165, 1.54) is 0 Å². The molecule has 8 heteroatoms. The molecule has 8 nitrogen and oxygen atoms in total. The Labute approximate surface area is 159 Å². The predicted molar refractivity (Wildman–Crippen MR) is 102 cm³/mol. The van der Waals surface area contributed by atoms with Gasteiger partial charge >= 0.3 is 12.1 Å². The molecule has 1 atom stereocenters. The Balaban J connectivity index is 1.90. The largest absolute Gasteiger partial charge is 0.463 e. The summed E-state index contributed by atoms with van der Waals surface area (Å²) in [7, 11) is 0. The highest BCUT2D eigenvalue weighted by molar-refractivity contribution is 6.43. The summed E-state index contributed by atoms with van der Waals surface area (Å²) in [6, 6.07) is 0. The second kappa shape index (κ2) is 8.37. The van der Waals surface area contributed by atoms with Gasteiger partial charge in [-0.25, -0.2) is 9.59 Å². The van der Waals surface area contributed by atoms with Crippen molar-refractivity contribution in [2.24, 2.45) is 15.9 Å². The highest BCUT2D eigenvalue weighted by Crippen LogP contribution is 2.27. The molecule has 146 valence electrons. The molecule has 27 heavy (non-hydrogen) atoms. The molecule has 3 aliphatic rings. The SMILES string of the molecule is CCOC(=O)C1=C2CN(C(=O)OCC)CCN2C(C2=NC=CC2CC)=NC1. The lowest BCUT2D eigenvalue weighted by Crippen LogP contribution is -2.53. The van der Waals surface area contributed by atoms with E-state index in [1.54, 1.807) is 18.7 Å². The Hall–Kier alpha value is -2.64. The predicted octanol–water partition coefficient (Wildman–Crippen LogP) is 1.98. The lowest BCUT2D eigenvalue weighted by Gasteiger charge is -2.41. The van der Waals surface area contributed by atoms with Crippen molar-refractivity contribution in [3.63, 3.8) is 0 Å². The molecule has 1 saturated heterocycles. The number of nitrogens with zero attached hydrogens (tertiary/aromatic N) is 4. The third-order valence-corrected chi connectivity index (χ3v) is 4.85. The molecule has 3 aliphatic heterocycles. The summed E-state index contributed by atoms with van der Waals surface area (Å²) >= 11 is 0. The lowest BCUT2D eigenvalue weighted by atomic mass is 9.98. The monoisotopic (exact) mass is 374 g/mol. The number of esters is 1. The van der Waals surface area contributed by atoms with Crippen molar-refractivity contribution in [1.82, 2.24) is 9.80 Å². The van der Waals surface area contributed by atoms with Gasteiger partial charge < -0.3 is 19.3 Å². The second-order valence-corrected chi connectivity index (χ2v) is 6.43. The van der Waals surface area contributed by atoms with Crippen LogP contribution in [0.25, 0.3) is 0 Å². The van der Waals surface area contributed by atoms with Crippen LogP contribution in [-0.4, -0.2) is 72.8 Å². The third kappa shape index (κ3) is 3.74. The van der Waals surface area contributed by atoms with E-state index in [2.05, 4.69) is 23.0 Å². The first-order valence-corrected chi connectivity index (χ1v) is 9.48. The van der Waals surface area contributed by atoms with Crippen LogP contribution in [0.2, 0.25) is 0 Å². The van der Waals surface area contributed by atoms with Crippen LogP contribution < -0.4 is 0 Å². The molecule has 0 saturated carbocycles. The van der Waals surface area contributed by atoms with Crippen LogP contribution in [0.15, 0.2) is 33.5 Å². The molecule has 1 amide bonds. The highest BCUT2D eigenvalue weighted by Gasteiger charge is 2.37. The van der Waals surface area contributed by atoms with E-state index in [4.69, 9.17) is 9.47 Å². The molecule has 1 unspecified atom stereocenters. The average molecular weight is 374 g/mol. The Kier molecular flexibility index (Phi) is 5.93. The van der Waals surface area contributed by atoms with Gasteiger partial charge in [-0.05, 0) is 20.3 Å².